The molecule has 1 rings (SSSR count). The van der Waals surface area contributed by atoms with E-state index in [4.69, 9.17) is 15.9 Å². The zero-order chi connectivity index (χ0) is 25.0. The van der Waals surface area contributed by atoms with Crippen LogP contribution in [-0.2, 0) is 30.4 Å². The van der Waals surface area contributed by atoms with Crippen LogP contribution in [0.25, 0.3) is 0 Å². The Morgan fingerprint density at radius 1 is 0.939 bits per heavy atom. The molecule has 0 saturated heterocycles. The number of carbonyl (C=O) groups excluding carboxylic acids is 3. The van der Waals surface area contributed by atoms with E-state index in [9.17, 15) is 29.1 Å². The Morgan fingerprint density at radius 2 is 1.55 bits per heavy atom. The number of thioether (sulfide) groups is 1. The number of rotatable bonds is 14. The van der Waals surface area contributed by atoms with Gasteiger partial charge in [0.15, 0.2) is 0 Å². The van der Waals surface area contributed by atoms with Crippen molar-refractivity contribution < 1.29 is 39.3 Å². The monoisotopic (exact) mass is 484 g/mol. The van der Waals surface area contributed by atoms with Gasteiger partial charge in [-0.25, -0.2) is 0 Å². The fraction of sp³-hybridized carbons (Fsp3) is 0.450. The minimum atomic E-state index is -1.40. The smallest absolute Gasteiger partial charge is 0.322 e. The second-order valence-corrected chi connectivity index (χ2v) is 8.08. The molecule has 0 saturated carbocycles. The molecule has 12 nitrogen and oxygen atoms in total. The first-order valence-electron chi connectivity index (χ1n) is 9.88. The van der Waals surface area contributed by atoms with Crippen molar-refractivity contribution >= 4 is 41.4 Å². The minimum Gasteiger partial charge on any atom is -0.508 e. The standard InChI is InChI=1S/C20H28N4O8S/c1-33-7-6-14(19(31)22-10-17(28)29)23-20(32)15(8-11-2-4-12(25)5-3-11)24-18(30)13(21)9-16(26)27/h2-5,13-15,25H,6-10,21H2,1H3,(H,22,31)(H,23,32)(H,24,30)(H,26,27)(H,28,29)/t13-,14+,15-/m1/s1. The molecule has 182 valence electrons. The van der Waals surface area contributed by atoms with Crippen molar-refractivity contribution in [2.75, 3.05) is 18.6 Å². The van der Waals surface area contributed by atoms with Crippen LogP contribution in [0.3, 0.4) is 0 Å². The van der Waals surface area contributed by atoms with E-state index in [1.165, 1.54) is 36.0 Å². The number of hydrogen-bond donors (Lipinski definition) is 7. The van der Waals surface area contributed by atoms with Gasteiger partial charge in [0, 0.05) is 6.42 Å². The second-order valence-electron chi connectivity index (χ2n) is 7.09. The topological polar surface area (TPSA) is 208 Å². The predicted octanol–water partition coefficient (Wildman–Crippen LogP) is -1.34. The van der Waals surface area contributed by atoms with Gasteiger partial charge >= 0.3 is 11.9 Å². The van der Waals surface area contributed by atoms with Crippen LogP contribution in [0.15, 0.2) is 24.3 Å². The second kappa shape index (κ2) is 14.0. The summed E-state index contributed by atoms with van der Waals surface area (Å²) in [5.41, 5.74) is 6.15. The molecule has 0 bridgehead atoms. The molecule has 8 N–H and O–H groups in total. The van der Waals surface area contributed by atoms with E-state index < -0.39 is 60.8 Å². The molecule has 13 heteroatoms. The number of nitrogens with two attached hydrogens (primary N) is 1. The lowest BCUT2D eigenvalue weighted by Gasteiger charge is -2.24. The van der Waals surface area contributed by atoms with E-state index in [0.717, 1.165) is 0 Å². The summed E-state index contributed by atoms with van der Waals surface area (Å²) in [7, 11) is 0. The third kappa shape index (κ3) is 10.7. The number of benzene rings is 1. The third-order valence-electron chi connectivity index (χ3n) is 4.40. The number of carbonyl (C=O) groups is 5. The molecule has 3 amide bonds. The molecular formula is C20H28N4O8S. The van der Waals surface area contributed by atoms with Gasteiger partial charge < -0.3 is 37.0 Å². The van der Waals surface area contributed by atoms with Crippen LogP contribution < -0.4 is 21.7 Å². The lowest BCUT2D eigenvalue weighted by atomic mass is 10.0. The molecule has 0 heterocycles. The summed E-state index contributed by atoms with van der Waals surface area (Å²) in [6.07, 6.45) is 1.32. The molecule has 0 aromatic heterocycles. The van der Waals surface area contributed by atoms with Crippen molar-refractivity contribution in [3.63, 3.8) is 0 Å². The number of hydrogen-bond acceptors (Lipinski definition) is 8. The fourth-order valence-corrected chi connectivity index (χ4v) is 3.17. The number of phenolic OH excluding ortho intramolecular Hbond substituents is 1. The highest BCUT2D eigenvalue weighted by Gasteiger charge is 2.29. The number of nitrogens with one attached hydrogen (secondary N) is 3. The van der Waals surface area contributed by atoms with E-state index in [1.54, 1.807) is 6.26 Å². The van der Waals surface area contributed by atoms with E-state index in [1.807, 2.05) is 0 Å². The SMILES string of the molecule is CSCC[C@H](NC(=O)[C@@H](Cc1ccc(O)cc1)NC(=O)[C@H](N)CC(=O)O)C(=O)NCC(=O)O. The Kier molecular flexibility index (Phi) is 11.7. The molecule has 1 aromatic carbocycles. The van der Waals surface area contributed by atoms with Crippen molar-refractivity contribution in [3.8, 4) is 5.75 Å². The van der Waals surface area contributed by atoms with Gasteiger partial charge in [0.1, 0.15) is 24.4 Å². The van der Waals surface area contributed by atoms with Gasteiger partial charge in [-0.1, -0.05) is 12.1 Å². The van der Waals surface area contributed by atoms with Gasteiger partial charge in [0.2, 0.25) is 17.7 Å². The molecule has 0 spiro atoms. The first-order chi connectivity index (χ1) is 15.5. The largest absolute Gasteiger partial charge is 0.508 e. The van der Waals surface area contributed by atoms with Gasteiger partial charge in [-0.2, -0.15) is 11.8 Å². The number of amides is 3. The molecule has 1 aromatic rings. The molecule has 0 aliphatic carbocycles. The molecule has 3 atom stereocenters. The Labute approximate surface area is 194 Å². The van der Waals surface area contributed by atoms with E-state index in [0.29, 0.717) is 11.3 Å². The zero-order valence-electron chi connectivity index (χ0n) is 17.9. The van der Waals surface area contributed by atoms with E-state index in [2.05, 4.69) is 16.0 Å². The number of aromatic hydroxyl groups is 1. The van der Waals surface area contributed by atoms with Gasteiger partial charge in [-0.3, -0.25) is 24.0 Å². The number of carboxylic acids is 2. The van der Waals surface area contributed by atoms with Crippen molar-refractivity contribution in [2.45, 2.75) is 37.4 Å². The van der Waals surface area contributed by atoms with Crippen LogP contribution in [0.4, 0.5) is 0 Å². The predicted molar refractivity (Wildman–Crippen MR) is 120 cm³/mol. The first-order valence-corrected chi connectivity index (χ1v) is 11.3. The lowest BCUT2D eigenvalue weighted by molar-refractivity contribution is -0.139. The summed E-state index contributed by atoms with van der Waals surface area (Å²) in [5, 5.41) is 34.2. The van der Waals surface area contributed by atoms with Crippen molar-refractivity contribution in [3.05, 3.63) is 29.8 Å². The molecule has 0 unspecified atom stereocenters. The van der Waals surface area contributed by atoms with Crippen LogP contribution in [0.1, 0.15) is 18.4 Å². The van der Waals surface area contributed by atoms with E-state index >= 15 is 0 Å². The average molecular weight is 485 g/mol. The fourth-order valence-electron chi connectivity index (χ4n) is 2.70. The summed E-state index contributed by atoms with van der Waals surface area (Å²) in [6, 6.07) is 2.17. The Hall–Kier alpha value is -3.32. The van der Waals surface area contributed by atoms with Crippen LogP contribution in [0.2, 0.25) is 0 Å². The maximum atomic E-state index is 13.0. The van der Waals surface area contributed by atoms with E-state index in [-0.39, 0.29) is 18.6 Å². The molecular weight excluding hydrogens is 456 g/mol. The Bertz CT molecular complexity index is 849. The number of aliphatic carboxylic acids is 2. The summed E-state index contributed by atoms with van der Waals surface area (Å²) in [4.78, 5) is 59.2. The van der Waals surface area contributed by atoms with Crippen molar-refractivity contribution in [2.24, 2.45) is 5.73 Å². The van der Waals surface area contributed by atoms with Crippen LogP contribution in [0.5, 0.6) is 5.75 Å². The summed E-state index contributed by atoms with van der Waals surface area (Å²) >= 11 is 1.42. The molecule has 0 aliphatic rings. The Balaban J connectivity index is 3.03. The highest BCUT2D eigenvalue weighted by atomic mass is 32.2. The highest BCUT2D eigenvalue weighted by molar-refractivity contribution is 7.98. The maximum Gasteiger partial charge on any atom is 0.322 e. The van der Waals surface area contributed by atoms with Gasteiger partial charge in [-0.15, -0.1) is 0 Å². The Morgan fingerprint density at radius 3 is 2.09 bits per heavy atom. The quantitative estimate of drug-likeness (QED) is 0.165. The van der Waals surface area contributed by atoms with Crippen LogP contribution in [0, 0.1) is 0 Å². The molecule has 33 heavy (non-hydrogen) atoms. The zero-order valence-corrected chi connectivity index (χ0v) is 18.8. The normalized spacial score (nSPS) is 13.3. The average Bonchev–Trinajstić information content (AvgIpc) is 2.75. The maximum absolute atomic E-state index is 13.0. The number of phenols is 1. The molecule has 0 radical (unpaired) electrons. The molecule has 0 fully saturated rings. The first kappa shape index (κ1) is 27.7. The summed E-state index contributed by atoms with van der Waals surface area (Å²) < 4.78 is 0. The highest BCUT2D eigenvalue weighted by Crippen LogP contribution is 2.12. The van der Waals surface area contributed by atoms with Gasteiger partial charge in [-0.05, 0) is 36.1 Å². The van der Waals surface area contributed by atoms with Crippen molar-refractivity contribution in [1.29, 1.82) is 0 Å². The molecule has 0 aliphatic heterocycles. The number of carboxylic acid groups (broad SMARTS) is 2. The summed E-state index contributed by atoms with van der Waals surface area (Å²) in [5.74, 6) is -4.35. The van der Waals surface area contributed by atoms with Crippen molar-refractivity contribution in [1.82, 2.24) is 16.0 Å². The minimum absolute atomic E-state index is 0.000464. The van der Waals surface area contributed by atoms with Crippen LogP contribution in [-0.4, -0.2) is 81.7 Å². The van der Waals surface area contributed by atoms with Gasteiger partial charge in [0.25, 0.3) is 0 Å². The van der Waals surface area contributed by atoms with Crippen LogP contribution >= 0.6 is 11.8 Å². The van der Waals surface area contributed by atoms with Gasteiger partial charge in [0.05, 0.1) is 12.5 Å². The lowest BCUT2D eigenvalue weighted by Crippen LogP contribution is -2.57. The third-order valence-corrected chi connectivity index (χ3v) is 5.04. The summed E-state index contributed by atoms with van der Waals surface area (Å²) in [6.45, 7) is -0.623.